The number of rotatable bonds is 5. The van der Waals surface area contributed by atoms with Gasteiger partial charge in [-0.3, -0.25) is 4.79 Å². The number of methoxy groups -OCH3 is 1. The number of nitrogens with one attached hydrogen (secondary N) is 1. The number of esters is 1. The first-order chi connectivity index (χ1) is 13.0. The highest BCUT2D eigenvalue weighted by Gasteiger charge is 2.22. The topological polar surface area (TPSA) is 77.5 Å². The zero-order valence-corrected chi connectivity index (χ0v) is 15.5. The lowest BCUT2D eigenvalue weighted by molar-refractivity contribution is -0.123. The number of anilines is 1. The second-order valence-corrected chi connectivity index (χ2v) is 6.23. The van der Waals surface area contributed by atoms with E-state index < -0.39 is 18.0 Å². The van der Waals surface area contributed by atoms with Gasteiger partial charge in [0.25, 0.3) is 5.91 Å². The van der Waals surface area contributed by atoms with Crippen molar-refractivity contribution >= 4 is 40.1 Å². The van der Waals surface area contributed by atoms with Crippen LogP contribution in [-0.2, 0) is 9.53 Å². The smallest absolute Gasteiger partial charge is 0.342 e. The fraction of sp³-hybridized carbons (Fsp3) is 0.150. The lowest BCUT2D eigenvalue weighted by Gasteiger charge is -2.15. The summed E-state index contributed by atoms with van der Waals surface area (Å²) in [5.74, 6) is -0.455. The lowest BCUT2D eigenvalue weighted by atomic mass is 10.1. The number of nitrogens with zero attached hydrogens (tertiary/aromatic N) is 1. The quantitative estimate of drug-likeness (QED) is 0.670. The Labute approximate surface area is 161 Å². The molecule has 1 heterocycles. The van der Waals surface area contributed by atoms with E-state index in [1.54, 1.807) is 24.3 Å². The van der Waals surface area contributed by atoms with Crippen LogP contribution in [0.25, 0.3) is 10.8 Å². The van der Waals surface area contributed by atoms with Crippen molar-refractivity contribution in [2.24, 2.45) is 0 Å². The van der Waals surface area contributed by atoms with E-state index in [2.05, 4.69) is 10.3 Å². The van der Waals surface area contributed by atoms with Gasteiger partial charge in [0.1, 0.15) is 17.1 Å². The van der Waals surface area contributed by atoms with Gasteiger partial charge in [-0.1, -0.05) is 35.9 Å². The van der Waals surface area contributed by atoms with Crippen molar-refractivity contribution in [3.8, 4) is 5.75 Å². The number of hydrogen-bond donors (Lipinski definition) is 1. The molecule has 0 bridgehead atoms. The molecule has 0 spiro atoms. The summed E-state index contributed by atoms with van der Waals surface area (Å²) in [5, 5.41) is 4.83. The fourth-order valence-electron chi connectivity index (χ4n) is 2.50. The summed E-state index contributed by atoms with van der Waals surface area (Å²) in [6.07, 6.45) is 0.388. The van der Waals surface area contributed by atoms with Crippen molar-refractivity contribution in [3.05, 3.63) is 65.3 Å². The molecule has 1 aromatic heterocycles. The van der Waals surface area contributed by atoms with Crippen LogP contribution in [-0.4, -0.2) is 30.1 Å². The van der Waals surface area contributed by atoms with Gasteiger partial charge in [0, 0.05) is 6.20 Å². The number of carbonyl (C=O) groups excluding carboxylic acids is 2. The Kier molecular flexibility index (Phi) is 5.57. The first kappa shape index (κ1) is 18.7. The number of pyridine rings is 1. The predicted octanol–water partition coefficient (Wildman–Crippen LogP) is 4.08. The van der Waals surface area contributed by atoms with E-state index in [1.807, 2.05) is 24.3 Å². The van der Waals surface area contributed by atoms with E-state index in [4.69, 9.17) is 21.1 Å². The molecule has 2 aromatic carbocycles. The zero-order chi connectivity index (χ0) is 19.4. The van der Waals surface area contributed by atoms with Gasteiger partial charge in [0.05, 0.1) is 12.1 Å². The molecular weight excluding hydrogens is 368 g/mol. The summed E-state index contributed by atoms with van der Waals surface area (Å²) in [6, 6.07) is 14.2. The third kappa shape index (κ3) is 4.35. The molecule has 0 aliphatic rings. The number of halogens is 1. The number of aromatic nitrogens is 1. The van der Waals surface area contributed by atoms with Gasteiger partial charge in [-0.05, 0) is 42.0 Å². The molecule has 3 aromatic rings. The van der Waals surface area contributed by atoms with E-state index in [1.165, 1.54) is 20.2 Å². The van der Waals surface area contributed by atoms with Crippen LogP contribution in [0.2, 0.25) is 5.02 Å². The third-order valence-corrected chi connectivity index (χ3v) is 4.14. The maximum atomic E-state index is 12.6. The zero-order valence-electron chi connectivity index (χ0n) is 14.7. The predicted molar refractivity (Wildman–Crippen MR) is 103 cm³/mol. The van der Waals surface area contributed by atoms with Crippen LogP contribution in [0.1, 0.15) is 17.3 Å². The van der Waals surface area contributed by atoms with Crippen LogP contribution in [0.3, 0.4) is 0 Å². The number of benzene rings is 2. The SMILES string of the molecule is COc1cc2ccccc2cc1C(=O)O[C@H](C)C(=O)Nc1ccc(Cl)cn1. The maximum Gasteiger partial charge on any atom is 0.342 e. The Hall–Kier alpha value is -3.12. The van der Waals surface area contributed by atoms with Crippen LogP contribution >= 0.6 is 11.6 Å². The molecule has 3 rings (SSSR count). The number of carbonyl (C=O) groups is 2. The van der Waals surface area contributed by atoms with Gasteiger partial charge in [-0.25, -0.2) is 9.78 Å². The van der Waals surface area contributed by atoms with E-state index in [0.717, 1.165) is 10.8 Å². The van der Waals surface area contributed by atoms with Gasteiger partial charge in [-0.15, -0.1) is 0 Å². The summed E-state index contributed by atoms with van der Waals surface area (Å²) in [7, 11) is 1.48. The molecule has 6 nitrogen and oxygen atoms in total. The van der Waals surface area contributed by atoms with E-state index in [9.17, 15) is 9.59 Å². The minimum absolute atomic E-state index is 0.250. The van der Waals surface area contributed by atoms with Gasteiger partial charge >= 0.3 is 5.97 Å². The molecule has 0 fully saturated rings. The molecule has 0 aliphatic heterocycles. The van der Waals surface area contributed by atoms with Gasteiger partial charge in [0.15, 0.2) is 6.10 Å². The Morgan fingerprint density at radius 1 is 1.11 bits per heavy atom. The molecule has 1 N–H and O–H groups in total. The molecule has 0 unspecified atom stereocenters. The molecule has 0 radical (unpaired) electrons. The van der Waals surface area contributed by atoms with E-state index in [0.29, 0.717) is 16.6 Å². The van der Waals surface area contributed by atoms with Crippen LogP contribution < -0.4 is 10.1 Å². The summed E-state index contributed by atoms with van der Waals surface area (Å²) in [5.41, 5.74) is 0.250. The Bertz CT molecular complexity index is 989. The summed E-state index contributed by atoms with van der Waals surface area (Å²) >= 11 is 5.76. The highest BCUT2D eigenvalue weighted by Crippen LogP contribution is 2.27. The Morgan fingerprint density at radius 2 is 1.81 bits per heavy atom. The first-order valence-electron chi connectivity index (χ1n) is 8.18. The number of ether oxygens (including phenoxy) is 2. The van der Waals surface area contributed by atoms with Crippen LogP contribution in [0, 0.1) is 0 Å². The van der Waals surface area contributed by atoms with Crippen molar-refractivity contribution in [2.75, 3.05) is 12.4 Å². The van der Waals surface area contributed by atoms with Crippen LogP contribution in [0.15, 0.2) is 54.7 Å². The minimum Gasteiger partial charge on any atom is -0.496 e. The standard InChI is InChI=1S/C20H17ClN2O4/c1-12(19(24)23-18-8-7-15(21)11-22-18)27-20(25)16-9-13-5-3-4-6-14(13)10-17(16)26-2/h3-12H,1-2H3,(H,22,23,24)/t12-/m1/s1. The summed E-state index contributed by atoms with van der Waals surface area (Å²) in [6.45, 7) is 1.48. The van der Waals surface area contributed by atoms with Crippen molar-refractivity contribution < 1.29 is 19.1 Å². The molecule has 7 heteroatoms. The lowest BCUT2D eigenvalue weighted by Crippen LogP contribution is -2.30. The fourth-order valence-corrected chi connectivity index (χ4v) is 2.61. The normalized spacial score (nSPS) is 11.7. The highest BCUT2D eigenvalue weighted by atomic mass is 35.5. The number of fused-ring (bicyclic) bond motifs is 1. The van der Waals surface area contributed by atoms with Gasteiger partial charge in [0.2, 0.25) is 0 Å². The minimum atomic E-state index is -1.02. The number of amides is 1. The van der Waals surface area contributed by atoms with Gasteiger partial charge < -0.3 is 14.8 Å². The van der Waals surface area contributed by atoms with Crippen LogP contribution in [0.5, 0.6) is 5.75 Å². The number of hydrogen-bond acceptors (Lipinski definition) is 5. The molecule has 138 valence electrons. The maximum absolute atomic E-state index is 12.6. The van der Waals surface area contributed by atoms with E-state index in [-0.39, 0.29) is 5.56 Å². The monoisotopic (exact) mass is 384 g/mol. The average molecular weight is 385 g/mol. The highest BCUT2D eigenvalue weighted by molar-refractivity contribution is 6.30. The molecule has 1 atom stereocenters. The third-order valence-electron chi connectivity index (χ3n) is 3.92. The molecule has 0 saturated heterocycles. The van der Waals surface area contributed by atoms with Crippen molar-refractivity contribution in [3.63, 3.8) is 0 Å². The second kappa shape index (κ2) is 8.05. The van der Waals surface area contributed by atoms with Crippen LogP contribution in [0.4, 0.5) is 5.82 Å². The Balaban J connectivity index is 1.74. The molecule has 1 amide bonds. The second-order valence-electron chi connectivity index (χ2n) is 5.80. The Morgan fingerprint density at radius 3 is 2.44 bits per heavy atom. The molecule has 27 heavy (non-hydrogen) atoms. The van der Waals surface area contributed by atoms with Crippen molar-refractivity contribution in [2.45, 2.75) is 13.0 Å². The summed E-state index contributed by atoms with van der Waals surface area (Å²) in [4.78, 5) is 28.8. The molecule has 0 aliphatic carbocycles. The molecular formula is C20H17ClN2O4. The van der Waals surface area contributed by atoms with Crippen molar-refractivity contribution in [1.82, 2.24) is 4.98 Å². The molecule has 0 saturated carbocycles. The average Bonchev–Trinajstić information content (AvgIpc) is 2.68. The van der Waals surface area contributed by atoms with Crippen molar-refractivity contribution in [1.29, 1.82) is 0 Å². The first-order valence-corrected chi connectivity index (χ1v) is 8.56. The largest absolute Gasteiger partial charge is 0.496 e. The van der Waals surface area contributed by atoms with E-state index >= 15 is 0 Å². The van der Waals surface area contributed by atoms with Gasteiger partial charge in [-0.2, -0.15) is 0 Å². The summed E-state index contributed by atoms with van der Waals surface area (Å²) < 4.78 is 10.6.